The second kappa shape index (κ2) is 3.18. The maximum Gasteiger partial charge on any atom is 0.395 e. The average Bonchev–Trinajstić information content (AvgIpc) is 2.57. The molecule has 1 rings (SSSR count). The van der Waals surface area contributed by atoms with E-state index in [-0.39, 0.29) is 18.3 Å². The van der Waals surface area contributed by atoms with Crippen molar-refractivity contribution in [3.63, 3.8) is 0 Å². The van der Waals surface area contributed by atoms with Crippen molar-refractivity contribution in [2.45, 2.75) is 46.2 Å². The maximum atomic E-state index is 12.7. The van der Waals surface area contributed by atoms with Gasteiger partial charge in [0.2, 0.25) is 0 Å². The zero-order chi connectivity index (χ0) is 10.3. The zero-order valence-electron chi connectivity index (χ0n) is 8.41. The van der Waals surface area contributed by atoms with Crippen LogP contribution in [0.1, 0.15) is 40.0 Å². The molecule has 1 aliphatic rings. The minimum absolute atomic E-state index is 0.123. The first-order chi connectivity index (χ1) is 5.91. The van der Waals surface area contributed by atoms with E-state index < -0.39 is 11.6 Å². The Morgan fingerprint density at radius 2 is 1.77 bits per heavy atom. The molecule has 0 aromatic heterocycles. The summed E-state index contributed by atoms with van der Waals surface area (Å²) in [5.74, 6) is -0.292. The van der Waals surface area contributed by atoms with Gasteiger partial charge in [0, 0.05) is 0 Å². The predicted molar refractivity (Wildman–Crippen MR) is 46.3 cm³/mol. The van der Waals surface area contributed by atoms with Gasteiger partial charge < -0.3 is 0 Å². The highest BCUT2D eigenvalue weighted by atomic mass is 19.4. The summed E-state index contributed by atoms with van der Waals surface area (Å²) < 4.78 is 38.2. The second-order valence-electron chi connectivity index (χ2n) is 4.08. The Balaban J connectivity index is 2.75. The van der Waals surface area contributed by atoms with E-state index in [4.69, 9.17) is 0 Å². The van der Waals surface area contributed by atoms with Crippen molar-refractivity contribution in [3.05, 3.63) is 0 Å². The fraction of sp³-hybridized carbons (Fsp3) is 1.00. The average molecular weight is 194 g/mol. The minimum atomic E-state index is -4.00. The molecule has 0 amide bonds. The van der Waals surface area contributed by atoms with Gasteiger partial charge in [-0.2, -0.15) is 13.2 Å². The van der Waals surface area contributed by atoms with E-state index >= 15 is 0 Å². The Hall–Kier alpha value is -0.210. The van der Waals surface area contributed by atoms with Crippen LogP contribution >= 0.6 is 0 Å². The fourth-order valence-electron chi connectivity index (χ4n) is 2.80. The second-order valence-corrected chi connectivity index (χ2v) is 4.08. The van der Waals surface area contributed by atoms with Crippen LogP contribution in [0.2, 0.25) is 0 Å². The molecule has 1 aliphatic carbocycles. The number of hydrogen-bond donors (Lipinski definition) is 0. The minimum Gasteiger partial charge on any atom is -0.170 e. The Morgan fingerprint density at radius 1 is 1.23 bits per heavy atom. The van der Waals surface area contributed by atoms with Crippen molar-refractivity contribution in [3.8, 4) is 0 Å². The van der Waals surface area contributed by atoms with Crippen LogP contribution in [0.3, 0.4) is 0 Å². The summed E-state index contributed by atoms with van der Waals surface area (Å²) in [6, 6.07) is 0. The molecule has 0 saturated heterocycles. The molecule has 3 heteroatoms. The highest BCUT2D eigenvalue weighted by Crippen LogP contribution is 2.70. The van der Waals surface area contributed by atoms with Gasteiger partial charge in [-0.25, -0.2) is 0 Å². The fourth-order valence-corrected chi connectivity index (χ4v) is 2.80. The maximum absolute atomic E-state index is 12.7. The number of halogens is 3. The molecule has 0 N–H and O–H groups in total. The monoisotopic (exact) mass is 194 g/mol. The summed E-state index contributed by atoms with van der Waals surface area (Å²) in [5.41, 5.74) is -1.34. The molecule has 0 spiro atoms. The van der Waals surface area contributed by atoms with Gasteiger partial charge in [-0.1, -0.05) is 27.2 Å². The van der Waals surface area contributed by atoms with Gasteiger partial charge in [0.1, 0.15) is 0 Å². The molecule has 13 heavy (non-hydrogen) atoms. The Kier molecular flexibility index (Phi) is 2.65. The van der Waals surface area contributed by atoms with Crippen LogP contribution in [0, 0.1) is 17.3 Å². The smallest absolute Gasteiger partial charge is 0.170 e. The third kappa shape index (κ3) is 1.36. The normalized spacial score (nSPS) is 39.2. The quantitative estimate of drug-likeness (QED) is 0.636. The molecule has 0 aromatic rings. The molecule has 0 radical (unpaired) electrons. The molecule has 3 unspecified atom stereocenters. The van der Waals surface area contributed by atoms with Crippen molar-refractivity contribution in [1.29, 1.82) is 0 Å². The molecule has 3 atom stereocenters. The van der Waals surface area contributed by atoms with Gasteiger partial charge in [-0.05, 0) is 24.7 Å². The summed E-state index contributed by atoms with van der Waals surface area (Å²) in [6.07, 6.45) is -2.19. The third-order valence-electron chi connectivity index (χ3n) is 3.68. The lowest BCUT2D eigenvalue weighted by atomic mass is 9.96. The van der Waals surface area contributed by atoms with Crippen LogP contribution in [0.5, 0.6) is 0 Å². The summed E-state index contributed by atoms with van der Waals surface area (Å²) in [5, 5.41) is 0. The van der Waals surface area contributed by atoms with Crippen LogP contribution in [-0.4, -0.2) is 6.18 Å². The highest BCUT2D eigenvalue weighted by Gasteiger charge is 2.73. The summed E-state index contributed by atoms with van der Waals surface area (Å²) in [7, 11) is 0. The largest absolute Gasteiger partial charge is 0.395 e. The predicted octanol–water partition coefficient (Wildman–Crippen LogP) is 4.01. The van der Waals surface area contributed by atoms with Gasteiger partial charge >= 0.3 is 6.18 Å². The topological polar surface area (TPSA) is 0 Å². The van der Waals surface area contributed by atoms with Gasteiger partial charge in [-0.15, -0.1) is 0 Å². The van der Waals surface area contributed by atoms with Crippen molar-refractivity contribution < 1.29 is 13.2 Å². The molecule has 1 fully saturated rings. The lowest BCUT2D eigenvalue weighted by Crippen LogP contribution is -2.27. The summed E-state index contributed by atoms with van der Waals surface area (Å²) in [4.78, 5) is 0. The van der Waals surface area contributed by atoms with E-state index in [1.165, 1.54) is 0 Å². The van der Waals surface area contributed by atoms with E-state index in [0.29, 0.717) is 6.42 Å². The lowest BCUT2D eigenvalue weighted by Gasteiger charge is -2.19. The molecule has 0 bridgehead atoms. The molecular weight excluding hydrogens is 177 g/mol. The highest BCUT2D eigenvalue weighted by molar-refractivity contribution is 5.11. The van der Waals surface area contributed by atoms with E-state index in [2.05, 4.69) is 0 Å². The first kappa shape index (κ1) is 10.9. The number of alkyl halides is 3. The summed E-state index contributed by atoms with van der Waals surface area (Å²) in [6.45, 7) is 5.33. The van der Waals surface area contributed by atoms with Crippen LogP contribution in [0.25, 0.3) is 0 Å². The SMILES string of the molecule is CCCC1C(C)C1(CC)C(F)(F)F. The molecular formula is C10H17F3. The molecule has 0 heterocycles. The van der Waals surface area contributed by atoms with Crippen LogP contribution in [0.4, 0.5) is 13.2 Å². The lowest BCUT2D eigenvalue weighted by molar-refractivity contribution is -0.196. The van der Waals surface area contributed by atoms with Gasteiger partial charge in [-0.3, -0.25) is 0 Å². The van der Waals surface area contributed by atoms with Crippen molar-refractivity contribution in [1.82, 2.24) is 0 Å². The van der Waals surface area contributed by atoms with E-state index in [1.54, 1.807) is 13.8 Å². The van der Waals surface area contributed by atoms with Crippen molar-refractivity contribution in [2.24, 2.45) is 17.3 Å². The Labute approximate surface area is 77.5 Å². The Morgan fingerprint density at radius 3 is 2.00 bits per heavy atom. The number of rotatable bonds is 3. The van der Waals surface area contributed by atoms with E-state index in [0.717, 1.165) is 6.42 Å². The van der Waals surface area contributed by atoms with Gasteiger partial charge in [0.05, 0.1) is 5.41 Å². The number of hydrogen-bond acceptors (Lipinski definition) is 0. The standard InChI is InChI=1S/C10H17F3/c1-4-6-8-7(3)9(8,5-2)10(11,12)13/h7-8H,4-6H2,1-3H3. The molecule has 78 valence electrons. The third-order valence-corrected chi connectivity index (χ3v) is 3.68. The van der Waals surface area contributed by atoms with Crippen LogP contribution in [0.15, 0.2) is 0 Å². The molecule has 0 aliphatic heterocycles. The van der Waals surface area contributed by atoms with Crippen LogP contribution in [-0.2, 0) is 0 Å². The van der Waals surface area contributed by atoms with Crippen molar-refractivity contribution in [2.75, 3.05) is 0 Å². The van der Waals surface area contributed by atoms with E-state index in [9.17, 15) is 13.2 Å². The zero-order valence-corrected chi connectivity index (χ0v) is 8.41. The van der Waals surface area contributed by atoms with Crippen molar-refractivity contribution >= 4 is 0 Å². The van der Waals surface area contributed by atoms with Crippen LogP contribution < -0.4 is 0 Å². The Bertz CT molecular complexity index is 185. The first-order valence-corrected chi connectivity index (χ1v) is 4.98. The van der Waals surface area contributed by atoms with Gasteiger partial charge in [0.15, 0.2) is 0 Å². The molecule has 1 saturated carbocycles. The van der Waals surface area contributed by atoms with E-state index in [1.807, 2.05) is 6.92 Å². The summed E-state index contributed by atoms with van der Waals surface area (Å²) >= 11 is 0. The molecule has 0 aromatic carbocycles. The first-order valence-electron chi connectivity index (χ1n) is 4.98. The van der Waals surface area contributed by atoms with Gasteiger partial charge in [0.25, 0.3) is 0 Å². The molecule has 0 nitrogen and oxygen atoms in total.